The van der Waals surface area contributed by atoms with Gasteiger partial charge in [0.15, 0.2) is 0 Å². The number of hydrogen-bond acceptors (Lipinski definition) is 3. The molecule has 0 radical (unpaired) electrons. The fraction of sp³-hybridized carbons (Fsp3) is 0.538. The van der Waals surface area contributed by atoms with E-state index in [1.54, 1.807) is 13.2 Å². The average molecular weight is 291 g/mol. The zero-order chi connectivity index (χ0) is 13.5. The maximum absolute atomic E-state index is 6.23. The van der Waals surface area contributed by atoms with Crippen molar-refractivity contribution in [3.8, 4) is 0 Å². The van der Waals surface area contributed by atoms with E-state index < -0.39 is 0 Å². The predicted octanol–water partition coefficient (Wildman–Crippen LogP) is 2.96. The van der Waals surface area contributed by atoms with Crippen LogP contribution in [-0.4, -0.2) is 38.8 Å². The first-order valence-corrected chi connectivity index (χ1v) is 6.70. The van der Waals surface area contributed by atoms with Crippen molar-refractivity contribution in [3.05, 3.63) is 33.8 Å². The molecule has 0 heterocycles. The van der Waals surface area contributed by atoms with Gasteiger partial charge in [-0.25, -0.2) is 0 Å². The molecule has 0 aromatic heterocycles. The number of halogens is 2. The van der Waals surface area contributed by atoms with Crippen molar-refractivity contribution >= 4 is 23.2 Å². The van der Waals surface area contributed by atoms with E-state index in [1.165, 1.54) is 0 Å². The number of methoxy groups -OCH3 is 1. The average Bonchev–Trinajstić information content (AvgIpc) is 2.36. The third kappa shape index (κ3) is 4.11. The normalized spacial score (nSPS) is 13.0. The zero-order valence-corrected chi connectivity index (χ0v) is 12.3. The van der Waals surface area contributed by atoms with E-state index in [-0.39, 0.29) is 6.04 Å². The second kappa shape index (κ2) is 7.97. The number of nitrogens with zero attached hydrogens (tertiary/aromatic N) is 1. The van der Waals surface area contributed by atoms with Gasteiger partial charge in [-0.1, -0.05) is 35.3 Å². The molecule has 102 valence electrons. The van der Waals surface area contributed by atoms with Gasteiger partial charge in [-0.3, -0.25) is 4.90 Å². The molecule has 0 aliphatic heterocycles. The van der Waals surface area contributed by atoms with E-state index >= 15 is 0 Å². The van der Waals surface area contributed by atoms with E-state index in [9.17, 15) is 0 Å². The van der Waals surface area contributed by atoms with Gasteiger partial charge in [0, 0.05) is 32.8 Å². The topological polar surface area (TPSA) is 38.5 Å². The zero-order valence-electron chi connectivity index (χ0n) is 10.8. The second-order valence-corrected chi connectivity index (χ2v) is 5.01. The fourth-order valence-electron chi connectivity index (χ4n) is 1.94. The molecule has 3 nitrogen and oxygen atoms in total. The van der Waals surface area contributed by atoms with Crippen molar-refractivity contribution in [1.29, 1.82) is 0 Å². The van der Waals surface area contributed by atoms with Crippen LogP contribution >= 0.6 is 23.2 Å². The number of ether oxygens (including phenoxy) is 1. The van der Waals surface area contributed by atoms with Gasteiger partial charge in [-0.15, -0.1) is 0 Å². The van der Waals surface area contributed by atoms with Gasteiger partial charge in [0.05, 0.1) is 10.0 Å². The largest absolute Gasteiger partial charge is 0.385 e. The molecule has 0 bridgehead atoms. The van der Waals surface area contributed by atoms with Crippen molar-refractivity contribution in [2.45, 2.75) is 12.5 Å². The monoisotopic (exact) mass is 290 g/mol. The number of hydrogen-bond donors (Lipinski definition) is 1. The van der Waals surface area contributed by atoms with Crippen LogP contribution < -0.4 is 5.73 Å². The summed E-state index contributed by atoms with van der Waals surface area (Å²) in [5.41, 5.74) is 6.83. The van der Waals surface area contributed by atoms with Gasteiger partial charge in [-0.2, -0.15) is 0 Å². The number of likely N-dealkylation sites (N-methyl/N-ethyl adjacent to an activating group) is 1. The summed E-state index contributed by atoms with van der Waals surface area (Å²) in [5, 5.41) is 1.16. The van der Waals surface area contributed by atoms with E-state index in [0.29, 0.717) is 16.6 Å². The first-order chi connectivity index (χ1) is 8.61. The summed E-state index contributed by atoms with van der Waals surface area (Å²) in [5.74, 6) is 0. The Bertz CT molecular complexity index is 374. The van der Waals surface area contributed by atoms with E-state index in [2.05, 4.69) is 4.90 Å². The summed E-state index contributed by atoms with van der Waals surface area (Å²) in [6, 6.07) is 5.73. The molecular weight excluding hydrogens is 271 g/mol. The maximum atomic E-state index is 6.23. The van der Waals surface area contributed by atoms with Crippen molar-refractivity contribution in [3.63, 3.8) is 0 Å². The second-order valence-electron chi connectivity index (χ2n) is 4.22. The molecule has 2 N–H and O–H groups in total. The van der Waals surface area contributed by atoms with Crippen LogP contribution in [0.3, 0.4) is 0 Å². The third-order valence-electron chi connectivity index (χ3n) is 2.96. The molecule has 0 saturated carbocycles. The highest BCUT2D eigenvalue weighted by molar-refractivity contribution is 6.42. The van der Waals surface area contributed by atoms with Crippen LogP contribution in [0.15, 0.2) is 18.2 Å². The van der Waals surface area contributed by atoms with Gasteiger partial charge in [0.1, 0.15) is 0 Å². The summed E-state index contributed by atoms with van der Waals surface area (Å²) in [4.78, 5) is 2.18. The van der Waals surface area contributed by atoms with Crippen LogP contribution in [0, 0.1) is 0 Å². The Morgan fingerprint density at radius 1 is 1.39 bits per heavy atom. The summed E-state index contributed by atoms with van der Waals surface area (Å²) in [6.45, 7) is 2.15. The molecule has 1 aromatic carbocycles. The molecule has 0 saturated heterocycles. The Kier molecular flexibility index (Phi) is 6.97. The van der Waals surface area contributed by atoms with Crippen molar-refractivity contribution < 1.29 is 4.74 Å². The lowest BCUT2D eigenvalue weighted by Crippen LogP contribution is -2.32. The first-order valence-electron chi connectivity index (χ1n) is 5.95. The van der Waals surface area contributed by atoms with Crippen LogP contribution in [0.5, 0.6) is 0 Å². The van der Waals surface area contributed by atoms with Gasteiger partial charge >= 0.3 is 0 Å². The molecule has 0 aliphatic rings. The lowest BCUT2D eigenvalue weighted by Gasteiger charge is -2.28. The van der Waals surface area contributed by atoms with Crippen LogP contribution in [0.4, 0.5) is 0 Å². The number of benzene rings is 1. The maximum Gasteiger partial charge on any atom is 0.0640 e. The molecule has 1 aromatic rings. The molecule has 1 unspecified atom stereocenters. The van der Waals surface area contributed by atoms with Gasteiger partial charge in [0.25, 0.3) is 0 Å². The van der Waals surface area contributed by atoms with Gasteiger partial charge < -0.3 is 10.5 Å². The summed E-state index contributed by atoms with van der Waals surface area (Å²) in [7, 11) is 3.73. The Labute approximate surface area is 119 Å². The van der Waals surface area contributed by atoms with Crippen LogP contribution in [0.2, 0.25) is 10.0 Å². The number of rotatable bonds is 7. The first kappa shape index (κ1) is 15.7. The van der Waals surface area contributed by atoms with Crippen LogP contribution in [0.25, 0.3) is 0 Å². The van der Waals surface area contributed by atoms with Crippen molar-refractivity contribution in [1.82, 2.24) is 4.90 Å². The Morgan fingerprint density at radius 3 is 2.72 bits per heavy atom. The molecule has 0 aliphatic carbocycles. The molecule has 1 atom stereocenters. The predicted molar refractivity (Wildman–Crippen MR) is 77.4 cm³/mol. The SMILES string of the molecule is COCCCN(C)C(CN)c1cccc(Cl)c1Cl. The minimum Gasteiger partial charge on any atom is -0.385 e. The highest BCUT2D eigenvalue weighted by Crippen LogP contribution is 2.31. The molecule has 5 heteroatoms. The minimum atomic E-state index is 0.0769. The van der Waals surface area contributed by atoms with Gasteiger partial charge in [0.2, 0.25) is 0 Å². The van der Waals surface area contributed by atoms with E-state index in [4.69, 9.17) is 33.7 Å². The third-order valence-corrected chi connectivity index (χ3v) is 3.79. The van der Waals surface area contributed by atoms with E-state index in [1.807, 2.05) is 19.2 Å². The standard InChI is InChI=1S/C13H20Cl2N2O/c1-17(7-4-8-18-2)12(9-16)10-5-3-6-11(14)13(10)15/h3,5-6,12H,4,7-9,16H2,1-2H3. The molecule has 18 heavy (non-hydrogen) atoms. The van der Waals surface area contributed by atoms with Crippen LogP contribution in [0.1, 0.15) is 18.0 Å². The molecule has 0 fully saturated rings. The Hall–Kier alpha value is -0.320. The number of nitrogens with two attached hydrogens (primary N) is 1. The lowest BCUT2D eigenvalue weighted by molar-refractivity contribution is 0.166. The fourth-order valence-corrected chi connectivity index (χ4v) is 2.37. The lowest BCUT2D eigenvalue weighted by atomic mass is 10.1. The highest BCUT2D eigenvalue weighted by atomic mass is 35.5. The van der Waals surface area contributed by atoms with Crippen LogP contribution in [-0.2, 0) is 4.74 Å². The highest BCUT2D eigenvalue weighted by Gasteiger charge is 2.18. The summed E-state index contributed by atoms with van der Waals surface area (Å²) < 4.78 is 5.05. The summed E-state index contributed by atoms with van der Waals surface area (Å²) >= 11 is 12.3. The van der Waals surface area contributed by atoms with Crippen molar-refractivity contribution in [2.24, 2.45) is 5.73 Å². The van der Waals surface area contributed by atoms with Gasteiger partial charge in [-0.05, 0) is 25.1 Å². The molecule has 1 rings (SSSR count). The molecular formula is C13H20Cl2N2O. The minimum absolute atomic E-state index is 0.0769. The van der Waals surface area contributed by atoms with E-state index in [0.717, 1.165) is 25.1 Å². The smallest absolute Gasteiger partial charge is 0.0640 e. The molecule has 0 spiro atoms. The Balaban J connectivity index is 2.78. The quantitative estimate of drug-likeness (QED) is 0.785. The summed E-state index contributed by atoms with van der Waals surface area (Å²) in [6.07, 6.45) is 0.960. The van der Waals surface area contributed by atoms with Crippen molar-refractivity contribution in [2.75, 3.05) is 33.9 Å². The Morgan fingerprint density at radius 2 is 2.11 bits per heavy atom. The molecule has 0 amide bonds.